The standard InChI is InChI=1S/C21H18F5N3O2S2/c1-11-3-4-13(9-12(11)2)14-10-32-21(27-14)28-5-7-29(8-6-28)33(30,31)20-18(25)16(23)15(22)17(24)19(20)26/h3-4,9-10H,5-8H2,1-2H3. The van der Waals surface area contributed by atoms with Gasteiger partial charge in [-0.25, -0.2) is 35.4 Å². The molecule has 0 aliphatic carbocycles. The van der Waals surface area contributed by atoms with Crippen LogP contribution < -0.4 is 4.90 Å². The van der Waals surface area contributed by atoms with Gasteiger partial charge in [0, 0.05) is 37.1 Å². The highest BCUT2D eigenvalue weighted by molar-refractivity contribution is 7.89. The van der Waals surface area contributed by atoms with Gasteiger partial charge in [0.2, 0.25) is 15.8 Å². The zero-order valence-electron chi connectivity index (χ0n) is 17.5. The Morgan fingerprint density at radius 2 is 1.42 bits per heavy atom. The highest BCUT2D eigenvalue weighted by Crippen LogP contribution is 2.32. The maximum atomic E-state index is 14.1. The fourth-order valence-electron chi connectivity index (χ4n) is 3.50. The topological polar surface area (TPSA) is 53.5 Å². The number of hydrogen-bond acceptors (Lipinski definition) is 5. The van der Waals surface area contributed by atoms with Crippen LogP contribution in [0.5, 0.6) is 0 Å². The van der Waals surface area contributed by atoms with Crippen molar-refractivity contribution < 1.29 is 30.4 Å². The van der Waals surface area contributed by atoms with E-state index in [-0.39, 0.29) is 26.2 Å². The molecule has 1 aromatic heterocycles. The molecule has 1 aliphatic rings. The highest BCUT2D eigenvalue weighted by Gasteiger charge is 2.38. The number of nitrogens with zero attached hydrogens (tertiary/aromatic N) is 3. The zero-order valence-corrected chi connectivity index (χ0v) is 19.1. The van der Waals surface area contributed by atoms with E-state index in [1.54, 1.807) is 4.90 Å². The lowest BCUT2D eigenvalue weighted by atomic mass is 10.1. The summed E-state index contributed by atoms with van der Waals surface area (Å²) >= 11 is 1.36. The van der Waals surface area contributed by atoms with Crippen LogP contribution in [-0.2, 0) is 10.0 Å². The van der Waals surface area contributed by atoms with Crippen molar-refractivity contribution in [1.82, 2.24) is 9.29 Å². The lowest BCUT2D eigenvalue weighted by Gasteiger charge is -2.33. The lowest BCUT2D eigenvalue weighted by Crippen LogP contribution is -2.49. The van der Waals surface area contributed by atoms with Gasteiger partial charge in [-0.3, -0.25) is 0 Å². The molecule has 0 radical (unpaired) electrons. The summed E-state index contributed by atoms with van der Waals surface area (Å²) in [6.07, 6.45) is 0. The van der Waals surface area contributed by atoms with Crippen LogP contribution in [0.4, 0.5) is 27.1 Å². The number of hydrogen-bond donors (Lipinski definition) is 0. The van der Waals surface area contributed by atoms with Crippen LogP contribution in [0.25, 0.3) is 11.3 Å². The van der Waals surface area contributed by atoms with Crippen molar-refractivity contribution in [3.05, 3.63) is 63.8 Å². The number of halogens is 5. The fourth-order valence-corrected chi connectivity index (χ4v) is 5.93. The van der Waals surface area contributed by atoms with Gasteiger partial charge in [0.15, 0.2) is 33.3 Å². The molecule has 0 bridgehead atoms. The number of anilines is 1. The summed E-state index contributed by atoms with van der Waals surface area (Å²) in [7, 11) is -4.94. The highest BCUT2D eigenvalue weighted by atomic mass is 32.2. The van der Waals surface area contributed by atoms with E-state index in [9.17, 15) is 30.4 Å². The molecule has 176 valence electrons. The van der Waals surface area contributed by atoms with Crippen molar-refractivity contribution in [1.29, 1.82) is 0 Å². The normalized spacial score (nSPS) is 15.3. The van der Waals surface area contributed by atoms with Gasteiger partial charge in [-0.2, -0.15) is 4.31 Å². The zero-order chi connectivity index (χ0) is 24.1. The van der Waals surface area contributed by atoms with Crippen LogP contribution in [0, 0.1) is 42.9 Å². The minimum absolute atomic E-state index is 0.133. The molecule has 1 saturated heterocycles. The van der Waals surface area contributed by atoms with Gasteiger partial charge >= 0.3 is 0 Å². The molecular formula is C21H18F5N3O2S2. The van der Waals surface area contributed by atoms with Crippen molar-refractivity contribution in [2.75, 3.05) is 31.1 Å². The third-order valence-electron chi connectivity index (χ3n) is 5.57. The number of benzene rings is 2. The molecule has 33 heavy (non-hydrogen) atoms. The Bertz CT molecular complexity index is 1310. The van der Waals surface area contributed by atoms with E-state index in [2.05, 4.69) is 4.98 Å². The summed E-state index contributed by atoms with van der Waals surface area (Å²) in [6.45, 7) is 3.85. The molecule has 0 amide bonds. The molecule has 1 fully saturated rings. The molecule has 0 spiro atoms. The quantitative estimate of drug-likeness (QED) is 0.296. The molecule has 3 aromatic rings. The Morgan fingerprint density at radius 1 is 0.848 bits per heavy atom. The summed E-state index contributed by atoms with van der Waals surface area (Å²) in [5.41, 5.74) is 3.97. The largest absolute Gasteiger partial charge is 0.345 e. The van der Waals surface area contributed by atoms with Crippen molar-refractivity contribution in [3.8, 4) is 11.3 Å². The third-order valence-corrected chi connectivity index (χ3v) is 8.39. The Kier molecular flexibility index (Phi) is 6.18. The Morgan fingerprint density at radius 3 is 2.00 bits per heavy atom. The first-order valence-electron chi connectivity index (χ1n) is 9.82. The molecule has 0 N–H and O–H groups in total. The molecule has 2 aromatic carbocycles. The maximum Gasteiger partial charge on any atom is 0.249 e. The summed E-state index contributed by atoms with van der Waals surface area (Å²) in [5.74, 6) is -11.7. The van der Waals surface area contributed by atoms with E-state index in [1.807, 2.05) is 37.4 Å². The summed E-state index contributed by atoms with van der Waals surface area (Å²) < 4.78 is 94.5. The first-order valence-corrected chi connectivity index (χ1v) is 12.1. The molecule has 0 atom stereocenters. The predicted octanol–water partition coefficient (Wildman–Crippen LogP) is 4.63. The number of aromatic nitrogens is 1. The third kappa shape index (κ3) is 4.11. The van der Waals surface area contributed by atoms with E-state index in [0.717, 1.165) is 22.4 Å². The van der Waals surface area contributed by atoms with Gasteiger partial charge in [-0.05, 0) is 31.0 Å². The Labute approximate surface area is 191 Å². The smallest absolute Gasteiger partial charge is 0.249 e. The van der Waals surface area contributed by atoms with Crippen LogP contribution >= 0.6 is 11.3 Å². The number of rotatable bonds is 4. The van der Waals surface area contributed by atoms with E-state index in [4.69, 9.17) is 0 Å². The number of aryl methyl sites for hydroxylation is 2. The average Bonchev–Trinajstić information content (AvgIpc) is 3.28. The van der Waals surface area contributed by atoms with Crippen LogP contribution in [-0.4, -0.2) is 43.9 Å². The monoisotopic (exact) mass is 503 g/mol. The Hall–Kier alpha value is -2.57. The van der Waals surface area contributed by atoms with Gasteiger partial charge in [0.05, 0.1) is 5.69 Å². The second-order valence-corrected chi connectivity index (χ2v) is 10.3. The minimum atomic E-state index is -4.94. The molecule has 2 heterocycles. The number of thiazole rings is 1. The maximum absolute atomic E-state index is 14.1. The van der Waals surface area contributed by atoms with E-state index in [1.165, 1.54) is 11.3 Å². The second-order valence-electron chi connectivity index (χ2n) is 7.60. The van der Waals surface area contributed by atoms with Gasteiger partial charge in [0.25, 0.3) is 0 Å². The molecule has 5 nitrogen and oxygen atoms in total. The van der Waals surface area contributed by atoms with Crippen molar-refractivity contribution in [2.45, 2.75) is 18.7 Å². The van der Waals surface area contributed by atoms with Crippen LogP contribution in [0.1, 0.15) is 11.1 Å². The summed E-state index contributed by atoms with van der Waals surface area (Å²) in [6, 6.07) is 5.96. The van der Waals surface area contributed by atoms with Crippen LogP contribution in [0.2, 0.25) is 0 Å². The molecular weight excluding hydrogens is 485 g/mol. The van der Waals surface area contributed by atoms with Crippen LogP contribution in [0.15, 0.2) is 28.5 Å². The van der Waals surface area contributed by atoms with Gasteiger partial charge < -0.3 is 4.90 Å². The predicted molar refractivity (Wildman–Crippen MR) is 114 cm³/mol. The minimum Gasteiger partial charge on any atom is -0.345 e. The van der Waals surface area contributed by atoms with E-state index >= 15 is 0 Å². The number of piperazine rings is 1. The van der Waals surface area contributed by atoms with Crippen molar-refractivity contribution >= 4 is 26.5 Å². The van der Waals surface area contributed by atoms with Crippen molar-refractivity contribution in [2.24, 2.45) is 0 Å². The van der Waals surface area contributed by atoms with Gasteiger partial charge in [0.1, 0.15) is 0 Å². The van der Waals surface area contributed by atoms with Gasteiger partial charge in [-0.15, -0.1) is 11.3 Å². The molecule has 12 heteroatoms. The van der Waals surface area contributed by atoms with Crippen LogP contribution in [0.3, 0.4) is 0 Å². The fraction of sp³-hybridized carbons (Fsp3) is 0.286. The molecule has 1 aliphatic heterocycles. The molecule has 0 saturated carbocycles. The molecule has 0 unspecified atom stereocenters. The molecule has 4 rings (SSSR count). The summed E-state index contributed by atoms with van der Waals surface area (Å²) in [5, 5.41) is 2.51. The van der Waals surface area contributed by atoms with Gasteiger partial charge in [-0.1, -0.05) is 12.1 Å². The SMILES string of the molecule is Cc1ccc(-c2csc(N3CCN(S(=O)(=O)c4c(F)c(F)c(F)c(F)c4F)CC3)n2)cc1C. The second kappa shape index (κ2) is 8.65. The Balaban J connectivity index is 1.53. The first kappa shape index (κ1) is 23.6. The van der Waals surface area contributed by atoms with Crippen molar-refractivity contribution in [3.63, 3.8) is 0 Å². The average molecular weight is 504 g/mol. The van der Waals surface area contributed by atoms with E-state index < -0.39 is 44.0 Å². The number of sulfonamides is 1. The van der Waals surface area contributed by atoms with E-state index in [0.29, 0.717) is 9.44 Å². The lowest BCUT2D eigenvalue weighted by molar-refractivity contribution is 0.344. The summed E-state index contributed by atoms with van der Waals surface area (Å²) in [4.78, 5) is 4.57. The first-order chi connectivity index (χ1) is 15.5.